The summed E-state index contributed by atoms with van der Waals surface area (Å²) in [7, 11) is -3.22. The third-order valence-corrected chi connectivity index (χ3v) is 6.77. The number of benzene rings is 1. The number of halogens is 1. The largest absolute Gasteiger partial charge is 0.307 e. The van der Waals surface area contributed by atoms with E-state index in [4.69, 9.17) is 0 Å². The molecule has 1 aliphatic heterocycles. The minimum absolute atomic E-state index is 0.0502. The van der Waals surface area contributed by atoms with Crippen LogP contribution in [0.2, 0.25) is 0 Å². The Balaban J connectivity index is 2.63. The second-order valence-corrected chi connectivity index (χ2v) is 8.78. The molecule has 0 aromatic heterocycles. The fraction of sp³-hybridized carbons (Fsp3) is 0.571. The van der Waals surface area contributed by atoms with Gasteiger partial charge in [0.25, 0.3) is 0 Å². The van der Waals surface area contributed by atoms with Crippen molar-refractivity contribution in [2.24, 2.45) is 5.92 Å². The van der Waals surface area contributed by atoms with Crippen molar-refractivity contribution in [2.75, 3.05) is 0 Å². The zero-order valence-electron chi connectivity index (χ0n) is 11.6. The second-order valence-electron chi connectivity index (χ2n) is 5.59. The highest BCUT2D eigenvalue weighted by molar-refractivity contribution is 9.10. The molecule has 0 amide bonds. The average molecular weight is 346 g/mol. The maximum absolute atomic E-state index is 12.5. The fourth-order valence-electron chi connectivity index (χ4n) is 2.66. The van der Waals surface area contributed by atoms with E-state index in [1.165, 1.54) is 0 Å². The summed E-state index contributed by atoms with van der Waals surface area (Å²) in [4.78, 5) is 0.472. The lowest BCUT2D eigenvalue weighted by Gasteiger charge is -2.37. The first-order chi connectivity index (χ1) is 8.75. The van der Waals surface area contributed by atoms with E-state index in [0.717, 1.165) is 10.0 Å². The molecular formula is C14H20BrNO2S. The van der Waals surface area contributed by atoms with Crippen LogP contribution in [-0.2, 0) is 9.84 Å². The van der Waals surface area contributed by atoms with Crippen molar-refractivity contribution >= 4 is 25.8 Å². The van der Waals surface area contributed by atoms with Gasteiger partial charge >= 0.3 is 0 Å². The molecule has 19 heavy (non-hydrogen) atoms. The van der Waals surface area contributed by atoms with E-state index in [1.54, 1.807) is 19.1 Å². The summed E-state index contributed by atoms with van der Waals surface area (Å²) in [6.07, 6.45) is 0. The minimum Gasteiger partial charge on any atom is -0.307 e. The molecule has 5 heteroatoms. The molecule has 0 radical (unpaired) electrons. The Morgan fingerprint density at radius 1 is 1.26 bits per heavy atom. The molecule has 3 atom stereocenters. The van der Waals surface area contributed by atoms with E-state index in [-0.39, 0.29) is 17.2 Å². The van der Waals surface area contributed by atoms with Crippen LogP contribution in [0.1, 0.15) is 39.3 Å². The number of rotatable bonds is 2. The maximum Gasteiger partial charge on any atom is 0.181 e. The van der Waals surface area contributed by atoms with E-state index >= 15 is 0 Å². The molecule has 1 aromatic carbocycles. The van der Waals surface area contributed by atoms with Crippen molar-refractivity contribution < 1.29 is 8.42 Å². The Morgan fingerprint density at radius 2 is 1.89 bits per heavy atom. The molecule has 2 rings (SSSR count). The Hall–Kier alpha value is -0.390. The third-order valence-electron chi connectivity index (χ3n) is 3.88. The molecule has 0 fully saturated rings. The smallest absolute Gasteiger partial charge is 0.181 e. The fourth-order valence-corrected chi connectivity index (χ4v) is 4.93. The first-order valence-corrected chi connectivity index (χ1v) is 8.88. The van der Waals surface area contributed by atoms with E-state index < -0.39 is 9.84 Å². The third kappa shape index (κ3) is 2.60. The monoisotopic (exact) mass is 345 g/mol. The standard InChI is InChI=1S/C14H20BrNO2S/c1-8(2)16-14-9(3)10(4)19(17,18)13-6-5-11(15)7-12(13)14/h5-10,14,16H,1-4H3. The quantitative estimate of drug-likeness (QED) is 0.894. The van der Waals surface area contributed by atoms with E-state index in [2.05, 4.69) is 35.1 Å². The number of fused-ring (bicyclic) bond motifs is 1. The van der Waals surface area contributed by atoms with Gasteiger partial charge in [-0.3, -0.25) is 0 Å². The summed E-state index contributed by atoms with van der Waals surface area (Å²) in [5.74, 6) is 0.0502. The van der Waals surface area contributed by atoms with Gasteiger partial charge in [0.1, 0.15) is 0 Å². The lowest BCUT2D eigenvalue weighted by Crippen LogP contribution is -2.43. The highest BCUT2D eigenvalue weighted by atomic mass is 79.9. The van der Waals surface area contributed by atoms with Crippen molar-refractivity contribution in [1.82, 2.24) is 5.32 Å². The minimum atomic E-state index is -3.22. The van der Waals surface area contributed by atoms with Crippen LogP contribution in [0.4, 0.5) is 0 Å². The molecule has 1 aliphatic rings. The van der Waals surface area contributed by atoms with Gasteiger partial charge in [-0.15, -0.1) is 0 Å². The zero-order valence-corrected chi connectivity index (χ0v) is 14.0. The molecule has 106 valence electrons. The molecule has 0 bridgehead atoms. The van der Waals surface area contributed by atoms with Crippen molar-refractivity contribution in [1.29, 1.82) is 0 Å². The Kier molecular flexibility index (Phi) is 4.10. The van der Waals surface area contributed by atoms with Crippen molar-refractivity contribution in [3.63, 3.8) is 0 Å². The number of sulfone groups is 1. The van der Waals surface area contributed by atoms with Gasteiger partial charge in [0.05, 0.1) is 10.1 Å². The first-order valence-electron chi connectivity index (χ1n) is 6.54. The maximum atomic E-state index is 12.5. The van der Waals surface area contributed by atoms with Crippen LogP contribution >= 0.6 is 15.9 Å². The Morgan fingerprint density at radius 3 is 2.47 bits per heavy atom. The molecule has 0 saturated carbocycles. The molecule has 1 aromatic rings. The number of nitrogens with one attached hydrogen (secondary N) is 1. The molecule has 1 N–H and O–H groups in total. The predicted octanol–water partition coefficient (Wildman–Crippen LogP) is 3.30. The van der Waals surface area contributed by atoms with Crippen LogP contribution in [0.15, 0.2) is 27.6 Å². The van der Waals surface area contributed by atoms with Gasteiger partial charge in [0.2, 0.25) is 0 Å². The highest BCUT2D eigenvalue weighted by Gasteiger charge is 2.41. The molecule has 0 saturated heterocycles. The average Bonchev–Trinajstić information content (AvgIpc) is 2.32. The summed E-state index contributed by atoms with van der Waals surface area (Å²) < 4.78 is 25.9. The SMILES string of the molecule is CC(C)NC1c2cc(Br)ccc2S(=O)(=O)C(C)C1C. The van der Waals surface area contributed by atoms with Crippen LogP contribution in [0.5, 0.6) is 0 Å². The molecule has 3 nitrogen and oxygen atoms in total. The number of hydrogen-bond donors (Lipinski definition) is 1. The first kappa shape index (κ1) is 15.0. The summed E-state index contributed by atoms with van der Waals surface area (Å²) in [5, 5.41) is 3.13. The van der Waals surface area contributed by atoms with Crippen LogP contribution < -0.4 is 5.32 Å². The molecule has 3 unspecified atom stereocenters. The summed E-state index contributed by atoms with van der Waals surface area (Å²) >= 11 is 3.43. The van der Waals surface area contributed by atoms with Gasteiger partial charge in [0.15, 0.2) is 9.84 Å². The van der Waals surface area contributed by atoms with E-state index in [0.29, 0.717) is 10.9 Å². The van der Waals surface area contributed by atoms with Gasteiger partial charge in [-0.05, 0) is 36.6 Å². The van der Waals surface area contributed by atoms with E-state index in [1.807, 2.05) is 13.0 Å². The molecule has 0 aliphatic carbocycles. The number of hydrogen-bond acceptors (Lipinski definition) is 3. The molecular weight excluding hydrogens is 326 g/mol. The van der Waals surface area contributed by atoms with Gasteiger partial charge in [0, 0.05) is 16.6 Å². The Bertz CT molecular complexity index is 583. The zero-order chi connectivity index (χ0) is 14.4. The normalized spacial score (nSPS) is 29.3. The van der Waals surface area contributed by atoms with Crippen LogP contribution in [-0.4, -0.2) is 19.7 Å². The summed E-state index contributed by atoms with van der Waals surface area (Å²) in [5.41, 5.74) is 0.883. The summed E-state index contributed by atoms with van der Waals surface area (Å²) in [6.45, 7) is 7.97. The predicted molar refractivity (Wildman–Crippen MR) is 81.0 cm³/mol. The second kappa shape index (κ2) is 5.19. The topological polar surface area (TPSA) is 46.2 Å². The van der Waals surface area contributed by atoms with Crippen LogP contribution in [0.25, 0.3) is 0 Å². The van der Waals surface area contributed by atoms with Gasteiger partial charge in [-0.2, -0.15) is 0 Å². The molecule has 1 heterocycles. The van der Waals surface area contributed by atoms with Crippen LogP contribution in [0.3, 0.4) is 0 Å². The van der Waals surface area contributed by atoms with E-state index in [9.17, 15) is 8.42 Å². The van der Waals surface area contributed by atoms with Crippen molar-refractivity contribution in [3.05, 3.63) is 28.2 Å². The van der Waals surface area contributed by atoms with Gasteiger partial charge in [-0.1, -0.05) is 36.7 Å². The van der Waals surface area contributed by atoms with Gasteiger partial charge < -0.3 is 5.32 Å². The highest BCUT2D eigenvalue weighted by Crippen LogP contribution is 2.41. The van der Waals surface area contributed by atoms with Crippen LogP contribution in [0, 0.1) is 5.92 Å². The van der Waals surface area contributed by atoms with Crippen molar-refractivity contribution in [2.45, 2.75) is 49.9 Å². The lowest BCUT2D eigenvalue weighted by atomic mass is 9.91. The molecule has 0 spiro atoms. The van der Waals surface area contributed by atoms with Crippen molar-refractivity contribution in [3.8, 4) is 0 Å². The lowest BCUT2D eigenvalue weighted by molar-refractivity contribution is 0.336. The Labute approximate surface area is 123 Å². The summed E-state index contributed by atoms with van der Waals surface area (Å²) in [6, 6.07) is 5.82. The van der Waals surface area contributed by atoms with Gasteiger partial charge in [-0.25, -0.2) is 8.42 Å².